The molecule has 0 unspecified atom stereocenters. The summed E-state index contributed by atoms with van der Waals surface area (Å²) in [5.41, 5.74) is 0.177. The number of methoxy groups -OCH3 is 1. The van der Waals surface area contributed by atoms with Crippen molar-refractivity contribution in [3.63, 3.8) is 0 Å². The van der Waals surface area contributed by atoms with Crippen LogP contribution in [-0.2, 0) is 4.74 Å². The van der Waals surface area contributed by atoms with Crippen molar-refractivity contribution in [2.45, 2.75) is 38.7 Å². The molecule has 2 nitrogen and oxygen atoms in total. The summed E-state index contributed by atoms with van der Waals surface area (Å²) < 4.78 is 5.55. The van der Waals surface area contributed by atoms with Crippen LogP contribution in [0.4, 0.5) is 0 Å². The topological polar surface area (TPSA) is 21.3 Å². The second-order valence-electron chi connectivity index (χ2n) is 3.88. The predicted molar refractivity (Wildman–Crippen MR) is 51.3 cm³/mol. The minimum absolute atomic E-state index is 0.177. The van der Waals surface area contributed by atoms with E-state index in [9.17, 15) is 0 Å². The van der Waals surface area contributed by atoms with Gasteiger partial charge < -0.3 is 10.1 Å². The van der Waals surface area contributed by atoms with E-state index in [1.165, 1.54) is 19.3 Å². The summed E-state index contributed by atoms with van der Waals surface area (Å²) in [4.78, 5) is 0. The first kappa shape index (κ1) is 10.0. The monoisotopic (exact) mass is 171 g/mol. The van der Waals surface area contributed by atoms with Crippen molar-refractivity contribution in [2.24, 2.45) is 5.92 Å². The highest BCUT2D eigenvalue weighted by Gasteiger charge is 2.38. The lowest BCUT2D eigenvalue weighted by Gasteiger charge is -2.43. The maximum Gasteiger partial charge on any atom is 0.0928 e. The van der Waals surface area contributed by atoms with Gasteiger partial charge in [-0.25, -0.2) is 0 Å². The molecular formula is C10H21NO. The molecule has 2 heteroatoms. The van der Waals surface area contributed by atoms with Crippen molar-refractivity contribution in [3.05, 3.63) is 0 Å². The fraction of sp³-hybridized carbons (Fsp3) is 1.00. The average molecular weight is 171 g/mol. The quantitative estimate of drug-likeness (QED) is 0.681. The van der Waals surface area contributed by atoms with Gasteiger partial charge in [-0.3, -0.25) is 0 Å². The van der Waals surface area contributed by atoms with E-state index in [1.54, 1.807) is 0 Å². The van der Waals surface area contributed by atoms with Crippen LogP contribution in [0.3, 0.4) is 0 Å². The van der Waals surface area contributed by atoms with Crippen molar-refractivity contribution in [3.8, 4) is 0 Å². The molecule has 0 saturated carbocycles. The van der Waals surface area contributed by atoms with Crippen LogP contribution in [0.1, 0.15) is 33.1 Å². The number of hydrogen-bond donors (Lipinski definition) is 1. The second-order valence-corrected chi connectivity index (χ2v) is 3.88. The van der Waals surface area contributed by atoms with Crippen LogP contribution < -0.4 is 5.32 Å². The highest BCUT2D eigenvalue weighted by atomic mass is 16.5. The summed E-state index contributed by atoms with van der Waals surface area (Å²) in [6.07, 6.45) is 3.78. The summed E-state index contributed by atoms with van der Waals surface area (Å²) in [5.74, 6) is 0.840. The van der Waals surface area contributed by atoms with Crippen molar-refractivity contribution in [1.82, 2.24) is 5.32 Å². The smallest absolute Gasteiger partial charge is 0.0928 e. The molecule has 0 spiro atoms. The van der Waals surface area contributed by atoms with Gasteiger partial charge in [0.1, 0.15) is 0 Å². The summed E-state index contributed by atoms with van der Waals surface area (Å²) >= 11 is 0. The molecule has 1 aliphatic rings. The van der Waals surface area contributed by atoms with Crippen LogP contribution in [0.5, 0.6) is 0 Å². The molecule has 1 aliphatic heterocycles. The fourth-order valence-corrected chi connectivity index (χ4v) is 1.88. The molecule has 72 valence electrons. The Kier molecular flexibility index (Phi) is 3.53. The summed E-state index contributed by atoms with van der Waals surface area (Å²) in [7, 11) is 1.84. The van der Waals surface area contributed by atoms with E-state index in [0.29, 0.717) is 0 Å². The van der Waals surface area contributed by atoms with E-state index in [2.05, 4.69) is 19.2 Å². The lowest BCUT2D eigenvalue weighted by atomic mass is 9.83. The zero-order chi connectivity index (χ0) is 9.03. The highest BCUT2D eigenvalue weighted by molar-refractivity contribution is 4.95. The Morgan fingerprint density at radius 2 is 1.92 bits per heavy atom. The first-order valence-corrected chi connectivity index (χ1v) is 5.02. The Labute approximate surface area is 75.7 Å². The van der Waals surface area contributed by atoms with Crippen LogP contribution in [0.25, 0.3) is 0 Å². The van der Waals surface area contributed by atoms with Gasteiger partial charge in [-0.05, 0) is 12.3 Å². The van der Waals surface area contributed by atoms with Gasteiger partial charge in [0.2, 0.25) is 0 Å². The highest BCUT2D eigenvalue weighted by Crippen LogP contribution is 2.28. The SMILES string of the molecule is CCC(CC)CC1(OC)CNC1. The van der Waals surface area contributed by atoms with Crippen LogP contribution in [0, 0.1) is 5.92 Å². The van der Waals surface area contributed by atoms with Gasteiger partial charge in [0.25, 0.3) is 0 Å². The molecule has 0 radical (unpaired) electrons. The third kappa shape index (κ3) is 1.99. The van der Waals surface area contributed by atoms with Gasteiger partial charge in [0, 0.05) is 20.2 Å². The molecular weight excluding hydrogens is 150 g/mol. The van der Waals surface area contributed by atoms with E-state index >= 15 is 0 Å². The van der Waals surface area contributed by atoms with Crippen molar-refractivity contribution < 1.29 is 4.74 Å². The van der Waals surface area contributed by atoms with Gasteiger partial charge in [0.05, 0.1) is 5.60 Å². The maximum absolute atomic E-state index is 5.55. The number of nitrogens with one attached hydrogen (secondary N) is 1. The molecule has 1 fully saturated rings. The Bertz CT molecular complexity index is 122. The molecule has 0 aromatic rings. The van der Waals surface area contributed by atoms with Crippen LogP contribution in [0.2, 0.25) is 0 Å². The first-order chi connectivity index (χ1) is 5.76. The van der Waals surface area contributed by atoms with Crippen molar-refractivity contribution in [1.29, 1.82) is 0 Å². The molecule has 0 amide bonds. The maximum atomic E-state index is 5.55. The van der Waals surface area contributed by atoms with E-state index in [0.717, 1.165) is 19.0 Å². The van der Waals surface area contributed by atoms with E-state index in [4.69, 9.17) is 4.74 Å². The number of rotatable bonds is 5. The summed E-state index contributed by atoms with van der Waals surface area (Å²) in [5, 5.41) is 3.28. The van der Waals surface area contributed by atoms with Crippen molar-refractivity contribution in [2.75, 3.05) is 20.2 Å². The normalized spacial score (nSPS) is 21.0. The Hall–Kier alpha value is -0.0800. The predicted octanol–water partition coefficient (Wildman–Crippen LogP) is 1.80. The van der Waals surface area contributed by atoms with Gasteiger partial charge in [-0.15, -0.1) is 0 Å². The lowest BCUT2D eigenvalue weighted by Crippen LogP contribution is -2.61. The molecule has 1 N–H and O–H groups in total. The minimum atomic E-state index is 0.177. The van der Waals surface area contributed by atoms with E-state index in [-0.39, 0.29) is 5.60 Å². The average Bonchev–Trinajstić information content (AvgIpc) is 2.05. The Morgan fingerprint density at radius 3 is 2.17 bits per heavy atom. The van der Waals surface area contributed by atoms with Crippen LogP contribution >= 0.6 is 0 Å². The third-order valence-electron chi connectivity index (χ3n) is 3.14. The lowest BCUT2D eigenvalue weighted by molar-refractivity contribution is -0.0683. The molecule has 0 atom stereocenters. The summed E-state index contributed by atoms with van der Waals surface area (Å²) in [6.45, 7) is 6.62. The van der Waals surface area contributed by atoms with Crippen molar-refractivity contribution >= 4 is 0 Å². The van der Waals surface area contributed by atoms with E-state index in [1.807, 2.05) is 7.11 Å². The molecule has 0 aromatic carbocycles. The van der Waals surface area contributed by atoms with Crippen LogP contribution in [-0.4, -0.2) is 25.8 Å². The molecule has 0 bridgehead atoms. The van der Waals surface area contributed by atoms with E-state index < -0.39 is 0 Å². The number of ether oxygens (including phenoxy) is 1. The molecule has 1 rings (SSSR count). The second kappa shape index (κ2) is 4.24. The zero-order valence-corrected chi connectivity index (χ0v) is 8.52. The van der Waals surface area contributed by atoms with Gasteiger partial charge >= 0.3 is 0 Å². The molecule has 1 saturated heterocycles. The Morgan fingerprint density at radius 1 is 1.33 bits per heavy atom. The number of hydrogen-bond acceptors (Lipinski definition) is 2. The molecule has 1 heterocycles. The van der Waals surface area contributed by atoms with Crippen LogP contribution in [0.15, 0.2) is 0 Å². The van der Waals surface area contributed by atoms with Gasteiger partial charge in [0.15, 0.2) is 0 Å². The standard InChI is InChI=1S/C10H21NO/c1-4-9(5-2)6-10(12-3)7-11-8-10/h9,11H,4-8H2,1-3H3. The van der Waals surface area contributed by atoms with Gasteiger partial charge in [-0.2, -0.15) is 0 Å². The minimum Gasteiger partial charge on any atom is -0.376 e. The Balaban J connectivity index is 2.35. The fourth-order valence-electron chi connectivity index (χ4n) is 1.88. The van der Waals surface area contributed by atoms with Gasteiger partial charge in [-0.1, -0.05) is 26.7 Å². The molecule has 12 heavy (non-hydrogen) atoms. The first-order valence-electron chi connectivity index (χ1n) is 5.02. The molecule has 0 aliphatic carbocycles. The third-order valence-corrected chi connectivity index (χ3v) is 3.14. The zero-order valence-electron chi connectivity index (χ0n) is 8.52. The largest absolute Gasteiger partial charge is 0.376 e. The summed E-state index contributed by atoms with van der Waals surface area (Å²) in [6, 6.07) is 0. The molecule has 0 aromatic heterocycles.